The quantitative estimate of drug-likeness (QED) is 0.318. The number of carbonyl (C=O) groups is 2. The fourth-order valence-electron chi connectivity index (χ4n) is 4.97. The van der Waals surface area contributed by atoms with Gasteiger partial charge in [0.05, 0.1) is 6.54 Å². The van der Waals surface area contributed by atoms with Gasteiger partial charge in [0.15, 0.2) is 0 Å². The number of carboxylic acid groups (broad SMARTS) is 1. The highest BCUT2D eigenvalue weighted by Gasteiger charge is 2.23. The monoisotopic (exact) mass is 544 g/mol. The van der Waals surface area contributed by atoms with Crippen molar-refractivity contribution in [2.75, 3.05) is 0 Å². The number of fused-ring (bicyclic) bond motifs is 1. The van der Waals surface area contributed by atoms with E-state index in [1.54, 1.807) is 42.5 Å². The Kier molecular flexibility index (Phi) is 6.74. The van der Waals surface area contributed by atoms with Crippen LogP contribution in [0.25, 0.3) is 21.9 Å². The van der Waals surface area contributed by atoms with Crippen molar-refractivity contribution in [3.63, 3.8) is 0 Å². The van der Waals surface area contributed by atoms with Gasteiger partial charge in [-0.1, -0.05) is 71.2 Å². The predicted octanol–water partition coefficient (Wildman–Crippen LogP) is 5.85. The lowest BCUT2D eigenvalue weighted by atomic mass is 9.96. The average Bonchev–Trinajstić information content (AvgIpc) is 3.39. The first kappa shape index (κ1) is 24.0. The van der Waals surface area contributed by atoms with E-state index in [0.717, 1.165) is 35.7 Å². The SMILES string of the molecule is O=C(NC1CCCC1)c1ccc(Cn2c(C(=O)O)c(-c3ccccc3)c3cc(Br)ccc3c2=O)cc1. The Labute approximate surface area is 216 Å². The summed E-state index contributed by atoms with van der Waals surface area (Å²) in [5.74, 6) is -1.29. The van der Waals surface area contributed by atoms with E-state index in [4.69, 9.17) is 0 Å². The normalized spacial score (nSPS) is 13.7. The van der Waals surface area contributed by atoms with E-state index in [1.165, 1.54) is 4.57 Å². The van der Waals surface area contributed by atoms with Crippen LogP contribution in [-0.2, 0) is 6.54 Å². The molecule has 1 aromatic heterocycles. The third-order valence-electron chi connectivity index (χ3n) is 6.75. The molecule has 4 aromatic rings. The van der Waals surface area contributed by atoms with Crippen molar-refractivity contribution in [1.82, 2.24) is 9.88 Å². The second kappa shape index (κ2) is 10.1. The van der Waals surface area contributed by atoms with E-state index in [9.17, 15) is 19.5 Å². The number of halogens is 1. The van der Waals surface area contributed by atoms with Gasteiger partial charge in [-0.25, -0.2) is 4.79 Å². The van der Waals surface area contributed by atoms with Crippen LogP contribution in [0.1, 0.15) is 52.1 Å². The van der Waals surface area contributed by atoms with Gasteiger partial charge in [0.2, 0.25) is 0 Å². The minimum absolute atomic E-state index is 0.0663. The van der Waals surface area contributed by atoms with Gasteiger partial charge < -0.3 is 10.4 Å². The first-order valence-electron chi connectivity index (χ1n) is 12.0. The van der Waals surface area contributed by atoms with Crippen LogP contribution in [-0.4, -0.2) is 27.6 Å². The molecule has 2 N–H and O–H groups in total. The fraction of sp³-hybridized carbons (Fsp3) is 0.207. The van der Waals surface area contributed by atoms with Crippen molar-refractivity contribution in [2.45, 2.75) is 38.3 Å². The molecule has 1 aliphatic carbocycles. The van der Waals surface area contributed by atoms with Crippen LogP contribution in [0.15, 0.2) is 82.1 Å². The van der Waals surface area contributed by atoms with E-state index < -0.39 is 5.97 Å². The minimum atomic E-state index is -1.18. The Hall–Kier alpha value is -3.71. The van der Waals surface area contributed by atoms with Gasteiger partial charge in [-0.05, 0) is 59.7 Å². The lowest BCUT2D eigenvalue weighted by Crippen LogP contribution is -2.32. The second-order valence-corrected chi connectivity index (χ2v) is 10.0. The van der Waals surface area contributed by atoms with E-state index in [2.05, 4.69) is 21.2 Å². The van der Waals surface area contributed by atoms with Crippen LogP contribution < -0.4 is 10.9 Å². The molecule has 182 valence electrons. The lowest BCUT2D eigenvalue weighted by Gasteiger charge is -2.18. The first-order valence-corrected chi connectivity index (χ1v) is 12.8. The topological polar surface area (TPSA) is 88.4 Å². The average molecular weight is 545 g/mol. The highest BCUT2D eigenvalue weighted by atomic mass is 79.9. The van der Waals surface area contributed by atoms with Crippen LogP contribution in [0.3, 0.4) is 0 Å². The zero-order valence-electron chi connectivity index (χ0n) is 19.5. The maximum absolute atomic E-state index is 13.5. The number of hydrogen-bond donors (Lipinski definition) is 2. The number of aromatic nitrogens is 1. The van der Waals surface area contributed by atoms with Gasteiger partial charge in [0.25, 0.3) is 11.5 Å². The van der Waals surface area contributed by atoms with Crippen molar-refractivity contribution in [3.05, 3.63) is 104 Å². The standard InChI is InChI=1S/C29H25BrN2O4/c30-21-14-15-23-24(16-21)25(19-6-2-1-3-7-19)26(29(35)36)32(28(23)34)17-18-10-12-20(13-11-18)27(33)31-22-8-4-5-9-22/h1-3,6-7,10-16,22H,4-5,8-9,17H2,(H,31,33)(H,35,36). The molecular formula is C29H25BrN2O4. The predicted molar refractivity (Wildman–Crippen MR) is 144 cm³/mol. The Bertz CT molecular complexity index is 1500. The summed E-state index contributed by atoms with van der Waals surface area (Å²) in [6.45, 7) is 0.0663. The number of pyridine rings is 1. The first-order chi connectivity index (χ1) is 17.4. The smallest absolute Gasteiger partial charge is 0.353 e. The molecule has 1 heterocycles. The molecule has 36 heavy (non-hydrogen) atoms. The zero-order valence-corrected chi connectivity index (χ0v) is 21.1. The molecular weight excluding hydrogens is 520 g/mol. The number of hydrogen-bond acceptors (Lipinski definition) is 3. The second-order valence-electron chi connectivity index (χ2n) is 9.13. The summed E-state index contributed by atoms with van der Waals surface area (Å²) in [5.41, 5.74) is 2.03. The third-order valence-corrected chi connectivity index (χ3v) is 7.24. The van der Waals surface area contributed by atoms with Crippen LogP contribution in [0.4, 0.5) is 0 Å². The molecule has 1 aliphatic rings. The largest absolute Gasteiger partial charge is 0.477 e. The molecule has 1 fully saturated rings. The number of rotatable bonds is 6. The molecule has 5 rings (SSSR count). The van der Waals surface area contributed by atoms with Gasteiger partial charge in [-0.15, -0.1) is 0 Å². The summed E-state index contributed by atoms with van der Waals surface area (Å²) in [6.07, 6.45) is 4.29. The van der Waals surface area contributed by atoms with Gasteiger partial charge in [-0.3, -0.25) is 14.2 Å². The van der Waals surface area contributed by atoms with Gasteiger partial charge in [0, 0.05) is 27.0 Å². The van der Waals surface area contributed by atoms with E-state index >= 15 is 0 Å². The van der Waals surface area contributed by atoms with E-state index in [0.29, 0.717) is 27.5 Å². The molecule has 1 saturated carbocycles. The summed E-state index contributed by atoms with van der Waals surface area (Å²) < 4.78 is 2.07. The zero-order chi connectivity index (χ0) is 25.2. The number of carbonyl (C=O) groups excluding carboxylic acids is 1. The highest BCUT2D eigenvalue weighted by molar-refractivity contribution is 9.10. The maximum atomic E-state index is 13.5. The molecule has 7 heteroatoms. The summed E-state index contributed by atoms with van der Waals surface area (Å²) >= 11 is 3.45. The summed E-state index contributed by atoms with van der Waals surface area (Å²) in [6, 6.07) is 21.7. The number of carboxylic acids is 1. The number of benzene rings is 3. The Morgan fingerprint density at radius 3 is 2.31 bits per heavy atom. The van der Waals surface area contributed by atoms with Gasteiger partial charge >= 0.3 is 5.97 Å². The fourth-order valence-corrected chi connectivity index (χ4v) is 5.33. The molecule has 6 nitrogen and oxygen atoms in total. The molecule has 0 unspecified atom stereocenters. The van der Waals surface area contributed by atoms with E-state index in [1.807, 2.05) is 30.3 Å². The molecule has 0 radical (unpaired) electrons. The Balaban J connectivity index is 1.58. The Morgan fingerprint density at radius 1 is 0.944 bits per heavy atom. The minimum Gasteiger partial charge on any atom is -0.477 e. The van der Waals surface area contributed by atoms with Crippen molar-refractivity contribution in [1.29, 1.82) is 0 Å². The number of nitrogens with zero attached hydrogens (tertiary/aromatic N) is 1. The van der Waals surface area contributed by atoms with E-state index in [-0.39, 0.29) is 29.7 Å². The maximum Gasteiger partial charge on any atom is 0.353 e. The van der Waals surface area contributed by atoms with Crippen LogP contribution in [0.2, 0.25) is 0 Å². The summed E-state index contributed by atoms with van der Waals surface area (Å²) in [7, 11) is 0. The van der Waals surface area contributed by atoms with Crippen molar-refractivity contribution >= 4 is 38.6 Å². The van der Waals surface area contributed by atoms with Gasteiger partial charge in [0.1, 0.15) is 5.69 Å². The number of nitrogens with one attached hydrogen (secondary N) is 1. The molecule has 0 aliphatic heterocycles. The number of amides is 1. The lowest BCUT2D eigenvalue weighted by molar-refractivity contribution is 0.0685. The summed E-state index contributed by atoms with van der Waals surface area (Å²) in [5, 5.41) is 14.4. The highest BCUT2D eigenvalue weighted by Crippen LogP contribution is 2.33. The van der Waals surface area contributed by atoms with Crippen molar-refractivity contribution < 1.29 is 14.7 Å². The third kappa shape index (κ3) is 4.71. The van der Waals surface area contributed by atoms with Crippen LogP contribution in [0.5, 0.6) is 0 Å². The van der Waals surface area contributed by atoms with Gasteiger partial charge in [-0.2, -0.15) is 0 Å². The molecule has 0 saturated heterocycles. The molecule has 1 amide bonds. The molecule has 0 atom stereocenters. The molecule has 0 spiro atoms. The molecule has 3 aromatic carbocycles. The molecule has 0 bridgehead atoms. The Morgan fingerprint density at radius 2 is 1.64 bits per heavy atom. The van der Waals surface area contributed by atoms with Crippen LogP contribution in [0, 0.1) is 0 Å². The number of aromatic carboxylic acids is 1. The van der Waals surface area contributed by atoms with Crippen molar-refractivity contribution in [3.8, 4) is 11.1 Å². The summed E-state index contributed by atoms with van der Waals surface area (Å²) in [4.78, 5) is 38.7. The van der Waals surface area contributed by atoms with Crippen molar-refractivity contribution in [2.24, 2.45) is 0 Å². The van der Waals surface area contributed by atoms with Crippen LogP contribution >= 0.6 is 15.9 Å².